The molecular weight excluding hydrogens is 298 g/mol. The van der Waals surface area contributed by atoms with Gasteiger partial charge >= 0.3 is 0 Å². The van der Waals surface area contributed by atoms with E-state index in [1.807, 2.05) is 6.07 Å². The maximum absolute atomic E-state index is 12.1. The van der Waals surface area contributed by atoms with E-state index in [-0.39, 0.29) is 4.21 Å². The minimum atomic E-state index is -3.72. The molecule has 0 aliphatic carbocycles. The summed E-state index contributed by atoms with van der Waals surface area (Å²) in [5, 5.41) is 13.1. The molecule has 20 heavy (non-hydrogen) atoms. The Morgan fingerprint density at radius 1 is 1.40 bits per heavy atom. The quantitative estimate of drug-likeness (QED) is 0.764. The molecule has 3 rings (SSSR count). The van der Waals surface area contributed by atoms with Crippen LogP contribution < -0.4 is 4.72 Å². The third-order valence-electron chi connectivity index (χ3n) is 2.69. The van der Waals surface area contributed by atoms with E-state index in [2.05, 4.69) is 19.3 Å². The highest BCUT2D eigenvalue weighted by atomic mass is 32.2. The number of aromatic nitrogens is 3. The van der Waals surface area contributed by atoms with Crippen LogP contribution in [0.4, 0.5) is 5.69 Å². The monoisotopic (exact) mass is 305 g/mol. The van der Waals surface area contributed by atoms with Gasteiger partial charge in [0.1, 0.15) is 6.07 Å². The number of anilines is 1. The normalized spacial score (nSPS) is 11.3. The molecule has 2 N–H and O–H groups in total. The second kappa shape index (κ2) is 4.59. The molecule has 0 fully saturated rings. The summed E-state index contributed by atoms with van der Waals surface area (Å²) in [6, 6.07) is 7.09. The van der Waals surface area contributed by atoms with Crippen molar-refractivity contribution in [1.82, 2.24) is 14.6 Å². The van der Waals surface area contributed by atoms with Crippen molar-refractivity contribution in [1.29, 1.82) is 5.26 Å². The third-order valence-corrected chi connectivity index (χ3v) is 5.15. The molecule has 7 nitrogen and oxygen atoms in total. The van der Waals surface area contributed by atoms with Crippen LogP contribution in [-0.4, -0.2) is 23.0 Å². The van der Waals surface area contributed by atoms with E-state index in [0.717, 1.165) is 11.5 Å². The van der Waals surface area contributed by atoms with Gasteiger partial charge in [0.2, 0.25) is 0 Å². The van der Waals surface area contributed by atoms with Crippen LogP contribution >= 0.6 is 11.5 Å². The first-order chi connectivity index (χ1) is 9.62. The van der Waals surface area contributed by atoms with Crippen molar-refractivity contribution in [3.05, 3.63) is 36.2 Å². The van der Waals surface area contributed by atoms with Gasteiger partial charge in [0.25, 0.3) is 10.0 Å². The summed E-state index contributed by atoms with van der Waals surface area (Å²) in [5.41, 5.74) is 1.39. The number of hydrogen-bond donors (Lipinski definition) is 2. The van der Waals surface area contributed by atoms with Crippen molar-refractivity contribution < 1.29 is 8.42 Å². The molecule has 2 aromatic heterocycles. The van der Waals surface area contributed by atoms with Crippen molar-refractivity contribution >= 4 is 38.1 Å². The Bertz CT molecular complexity index is 906. The lowest BCUT2D eigenvalue weighted by Crippen LogP contribution is -2.11. The summed E-state index contributed by atoms with van der Waals surface area (Å²) in [4.78, 5) is 2.90. The second-order valence-electron chi connectivity index (χ2n) is 3.88. The van der Waals surface area contributed by atoms with Gasteiger partial charge in [0, 0.05) is 23.1 Å². The summed E-state index contributed by atoms with van der Waals surface area (Å²) >= 11 is 0.790. The molecule has 0 atom stereocenters. The molecule has 0 amide bonds. The van der Waals surface area contributed by atoms with Gasteiger partial charge in [-0.15, -0.1) is 5.10 Å². The number of nitriles is 1. The van der Waals surface area contributed by atoms with Crippen LogP contribution in [0.2, 0.25) is 0 Å². The number of aromatic amines is 1. The molecule has 3 aromatic rings. The molecule has 2 heterocycles. The third kappa shape index (κ3) is 2.01. The molecule has 1 aromatic carbocycles. The summed E-state index contributed by atoms with van der Waals surface area (Å²) in [6.07, 6.45) is 2.72. The topological polar surface area (TPSA) is 112 Å². The number of rotatable bonds is 3. The van der Waals surface area contributed by atoms with E-state index < -0.39 is 10.0 Å². The van der Waals surface area contributed by atoms with E-state index in [0.29, 0.717) is 22.2 Å². The van der Waals surface area contributed by atoms with Gasteiger partial charge in [-0.1, -0.05) is 16.6 Å². The molecular formula is C11H7N5O2S2. The molecule has 0 saturated heterocycles. The van der Waals surface area contributed by atoms with E-state index in [9.17, 15) is 8.42 Å². The van der Waals surface area contributed by atoms with E-state index in [1.54, 1.807) is 18.2 Å². The molecule has 9 heteroatoms. The SMILES string of the molecule is N#Cc1c[nH]c2c(NS(=O)(=O)c3cnns3)cccc12. The van der Waals surface area contributed by atoms with Crippen LogP contribution in [0, 0.1) is 11.3 Å². The molecule has 0 saturated carbocycles. The number of para-hydroxylation sites is 1. The Hall–Kier alpha value is -2.44. The number of nitrogens with one attached hydrogen (secondary N) is 2. The van der Waals surface area contributed by atoms with Crippen molar-refractivity contribution in [2.24, 2.45) is 0 Å². The average Bonchev–Trinajstić information content (AvgIpc) is 3.08. The Kier molecular flexibility index (Phi) is 2.89. The summed E-state index contributed by atoms with van der Waals surface area (Å²) in [5.74, 6) is 0. The van der Waals surface area contributed by atoms with Crippen LogP contribution in [0.1, 0.15) is 5.56 Å². The molecule has 0 aliphatic rings. The first kappa shape index (κ1) is 12.6. The predicted molar refractivity (Wildman–Crippen MR) is 73.7 cm³/mol. The van der Waals surface area contributed by atoms with Gasteiger partial charge in [0.15, 0.2) is 4.21 Å². The predicted octanol–water partition coefficient (Wildman–Crippen LogP) is 1.69. The standard InChI is InChI=1S/C11H7N5O2S2/c12-4-7-5-13-11-8(7)2-1-3-9(11)15-20(17,18)10-6-14-16-19-10/h1-3,5-6,13,15H. The minimum absolute atomic E-state index is 0.0292. The highest BCUT2D eigenvalue weighted by Crippen LogP contribution is 2.27. The van der Waals surface area contributed by atoms with Crippen molar-refractivity contribution in [3.63, 3.8) is 0 Å². The van der Waals surface area contributed by atoms with E-state index in [1.165, 1.54) is 12.4 Å². The zero-order valence-electron chi connectivity index (χ0n) is 9.86. The molecule has 0 bridgehead atoms. The van der Waals surface area contributed by atoms with Gasteiger partial charge in [0.05, 0.1) is 23.0 Å². The van der Waals surface area contributed by atoms with E-state index >= 15 is 0 Å². The Balaban J connectivity index is 2.09. The maximum atomic E-state index is 12.1. The first-order valence-corrected chi connectivity index (χ1v) is 7.68. The van der Waals surface area contributed by atoms with Crippen LogP contribution in [-0.2, 0) is 10.0 Å². The minimum Gasteiger partial charge on any atom is -0.358 e. The van der Waals surface area contributed by atoms with Crippen LogP contribution in [0.25, 0.3) is 10.9 Å². The van der Waals surface area contributed by atoms with Crippen molar-refractivity contribution in [2.75, 3.05) is 4.72 Å². The summed E-state index contributed by atoms with van der Waals surface area (Å²) < 4.78 is 30.3. The van der Waals surface area contributed by atoms with Crippen LogP contribution in [0.15, 0.2) is 34.8 Å². The van der Waals surface area contributed by atoms with Gasteiger partial charge in [-0.3, -0.25) is 4.72 Å². The van der Waals surface area contributed by atoms with Gasteiger partial charge in [-0.05, 0) is 6.07 Å². The second-order valence-corrected chi connectivity index (χ2v) is 6.58. The lowest BCUT2D eigenvalue weighted by atomic mass is 10.2. The van der Waals surface area contributed by atoms with Gasteiger partial charge < -0.3 is 4.98 Å². The number of nitrogens with zero attached hydrogens (tertiary/aromatic N) is 3. The van der Waals surface area contributed by atoms with Crippen LogP contribution in [0.3, 0.4) is 0 Å². The molecule has 0 radical (unpaired) electrons. The zero-order valence-corrected chi connectivity index (χ0v) is 11.5. The number of sulfonamides is 1. The Morgan fingerprint density at radius 2 is 2.25 bits per heavy atom. The fourth-order valence-corrected chi connectivity index (χ4v) is 3.44. The van der Waals surface area contributed by atoms with E-state index in [4.69, 9.17) is 5.26 Å². The largest absolute Gasteiger partial charge is 0.358 e. The Labute approximate surface area is 118 Å². The number of benzene rings is 1. The van der Waals surface area contributed by atoms with Gasteiger partial charge in [-0.2, -0.15) is 5.26 Å². The number of H-pyrrole nitrogens is 1. The lowest BCUT2D eigenvalue weighted by Gasteiger charge is -2.06. The molecule has 0 aliphatic heterocycles. The number of hydrogen-bond acceptors (Lipinski definition) is 6. The fraction of sp³-hybridized carbons (Fsp3) is 0. The Morgan fingerprint density at radius 3 is 2.95 bits per heavy atom. The first-order valence-electron chi connectivity index (χ1n) is 5.42. The highest BCUT2D eigenvalue weighted by Gasteiger charge is 2.18. The number of fused-ring (bicyclic) bond motifs is 1. The fourth-order valence-electron chi connectivity index (χ4n) is 1.80. The maximum Gasteiger partial charge on any atom is 0.274 e. The van der Waals surface area contributed by atoms with Crippen molar-refractivity contribution in [2.45, 2.75) is 4.21 Å². The molecule has 100 valence electrons. The average molecular weight is 305 g/mol. The molecule has 0 spiro atoms. The molecule has 0 unspecified atom stereocenters. The lowest BCUT2D eigenvalue weighted by molar-refractivity contribution is 0.603. The van der Waals surface area contributed by atoms with Gasteiger partial charge in [-0.25, -0.2) is 8.42 Å². The summed E-state index contributed by atoms with van der Waals surface area (Å²) in [6.45, 7) is 0. The van der Waals surface area contributed by atoms with Crippen LogP contribution in [0.5, 0.6) is 0 Å². The highest BCUT2D eigenvalue weighted by molar-refractivity contribution is 7.94. The summed E-state index contributed by atoms with van der Waals surface area (Å²) in [7, 11) is -3.72. The zero-order chi connectivity index (χ0) is 14.2. The van der Waals surface area contributed by atoms with Crippen molar-refractivity contribution in [3.8, 4) is 6.07 Å². The smallest absolute Gasteiger partial charge is 0.274 e.